The molecule has 1 amide bonds. The summed E-state index contributed by atoms with van der Waals surface area (Å²) in [5.41, 5.74) is 0. The van der Waals surface area contributed by atoms with Gasteiger partial charge in [0.2, 0.25) is 0 Å². The first-order valence-electron chi connectivity index (χ1n) is 7.81. The molecule has 128 valence electrons. The van der Waals surface area contributed by atoms with Crippen LogP contribution in [-0.2, 0) is 20.1 Å². The van der Waals surface area contributed by atoms with Crippen LogP contribution in [0.5, 0.6) is 0 Å². The van der Waals surface area contributed by atoms with Gasteiger partial charge in [0, 0.05) is 16.7 Å². The van der Waals surface area contributed by atoms with Crippen LogP contribution in [0.25, 0.3) is 0 Å². The minimum atomic E-state index is -0.357. The van der Waals surface area contributed by atoms with Gasteiger partial charge in [0.25, 0.3) is 5.91 Å². The van der Waals surface area contributed by atoms with E-state index in [4.69, 9.17) is 16.3 Å². The zero-order valence-corrected chi connectivity index (χ0v) is 15.6. The van der Waals surface area contributed by atoms with Gasteiger partial charge in [0.15, 0.2) is 6.61 Å². The highest BCUT2D eigenvalue weighted by Gasteiger charge is 2.23. The Morgan fingerprint density at radius 2 is 2.17 bits per heavy atom. The molecule has 7 heteroatoms. The predicted octanol–water partition coefficient (Wildman–Crippen LogP) is 3.87. The number of nitrogens with one attached hydrogen (secondary N) is 1. The molecular weight excluding hydrogens is 354 g/mol. The third-order valence-electron chi connectivity index (χ3n) is 3.92. The molecular formula is C16H22ClNO3S2. The second-order valence-electron chi connectivity index (χ2n) is 5.80. The van der Waals surface area contributed by atoms with E-state index in [1.54, 1.807) is 0 Å². The molecule has 2 atom stereocenters. The minimum Gasteiger partial charge on any atom is -0.455 e. The van der Waals surface area contributed by atoms with E-state index in [1.165, 1.54) is 29.5 Å². The predicted molar refractivity (Wildman–Crippen MR) is 96.0 cm³/mol. The number of halogens is 1. The van der Waals surface area contributed by atoms with Crippen molar-refractivity contribution in [2.75, 3.05) is 12.4 Å². The molecule has 23 heavy (non-hydrogen) atoms. The van der Waals surface area contributed by atoms with Crippen molar-refractivity contribution in [3.8, 4) is 0 Å². The molecule has 1 aromatic heterocycles. The summed E-state index contributed by atoms with van der Waals surface area (Å²) in [6.45, 7) is 1.97. The number of carbonyl (C=O) groups is 2. The van der Waals surface area contributed by atoms with Gasteiger partial charge in [-0.2, -0.15) is 0 Å². The number of esters is 1. The fourth-order valence-corrected chi connectivity index (χ4v) is 4.65. The first-order valence-corrected chi connectivity index (χ1v) is 10.2. The van der Waals surface area contributed by atoms with E-state index >= 15 is 0 Å². The Labute approximate surface area is 150 Å². The summed E-state index contributed by atoms with van der Waals surface area (Å²) in [6.07, 6.45) is 4.54. The Bertz CT molecular complexity index is 535. The molecule has 1 aromatic rings. The van der Waals surface area contributed by atoms with E-state index < -0.39 is 0 Å². The van der Waals surface area contributed by atoms with Crippen molar-refractivity contribution in [3.63, 3.8) is 0 Å². The number of rotatable bonds is 7. The number of thioether (sulfide) groups is 1. The van der Waals surface area contributed by atoms with Gasteiger partial charge in [-0.25, -0.2) is 0 Å². The summed E-state index contributed by atoms with van der Waals surface area (Å²) in [6, 6.07) is 4.01. The first-order chi connectivity index (χ1) is 11.0. The second-order valence-corrected chi connectivity index (χ2v) is 8.58. The molecule has 1 aliphatic rings. The molecule has 1 N–H and O–H groups in total. The number of hydrogen-bond acceptors (Lipinski definition) is 5. The Hall–Kier alpha value is -0.720. The maximum absolute atomic E-state index is 11.9. The first kappa shape index (κ1) is 18.6. The van der Waals surface area contributed by atoms with Gasteiger partial charge in [-0.15, -0.1) is 23.1 Å². The molecule has 1 heterocycles. The molecule has 0 saturated heterocycles. The molecule has 0 bridgehead atoms. The zero-order chi connectivity index (χ0) is 16.7. The average molecular weight is 376 g/mol. The van der Waals surface area contributed by atoms with Gasteiger partial charge in [-0.05, 0) is 30.9 Å². The summed E-state index contributed by atoms with van der Waals surface area (Å²) < 4.78 is 5.78. The van der Waals surface area contributed by atoms with E-state index in [1.807, 2.05) is 12.1 Å². The fourth-order valence-electron chi connectivity index (χ4n) is 2.63. The standard InChI is InChI=1S/C16H22ClNO3S2/c1-11-4-2-3-5-13(11)18-15(19)8-21-16(20)10-22-9-12-6-7-14(17)23-12/h6-7,11,13H,2-5,8-10H2,1H3,(H,18,19)/t11-,13-/m1/s1. The molecule has 0 aliphatic heterocycles. The summed E-state index contributed by atoms with van der Waals surface area (Å²) in [5.74, 6) is 0.897. The molecule has 1 aliphatic carbocycles. The molecule has 0 spiro atoms. The zero-order valence-electron chi connectivity index (χ0n) is 13.2. The van der Waals surface area contributed by atoms with Crippen LogP contribution in [0.4, 0.5) is 0 Å². The maximum atomic E-state index is 11.9. The molecule has 2 rings (SSSR count). The summed E-state index contributed by atoms with van der Waals surface area (Å²) in [5, 5.41) is 2.97. The van der Waals surface area contributed by atoms with E-state index in [9.17, 15) is 9.59 Å². The molecule has 4 nitrogen and oxygen atoms in total. The van der Waals surface area contributed by atoms with Crippen LogP contribution < -0.4 is 5.32 Å². The Morgan fingerprint density at radius 1 is 1.39 bits per heavy atom. The van der Waals surface area contributed by atoms with Crippen molar-refractivity contribution < 1.29 is 14.3 Å². The average Bonchev–Trinajstić information content (AvgIpc) is 2.93. The van der Waals surface area contributed by atoms with Crippen LogP contribution in [-0.4, -0.2) is 30.3 Å². The Kier molecular flexibility index (Phi) is 7.73. The highest BCUT2D eigenvalue weighted by Crippen LogP contribution is 2.25. The lowest BCUT2D eigenvalue weighted by Gasteiger charge is -2.29. The second kappa shape index (κ2) is 9.55. The molecule has 0 unspecified atom stereocenters. The largest absolute Gasteiger partial charge is 0.455 e. The molecule has 0 radical (unpaired) electrons. The molecule has 1 saturated carbocycles. The third kappa shape index (κ3) is 6.73. The van der Waals surface area contributed by atoms with Gasteiger partial charge >= 0.3 is 5.97 Å². The van der Waals surface area contributed by atoms with E-state index in [2.05, 4.69) is 12.2 Å². The van der Waals surface area contributed by atoms with E-state index in [-0.39, 0.29) is 30.3 Å². The number of thiophene rings is 1. The van der Waals surface area contributed by atoms with Gasteiger partial charge in [-0.1, -0.05) is 31.4 Å². The van der Waals surface area contributed by atoms with Crippen LogP contribution in [0, 0.1) is 5.92 Å². The van der Waals surface area contributed by atoms with Crippen LogP contribution in [0.3, 0.4) is 0 Å². The van der Waals surface area contributed by atoms with Crippen LogP contribution >= 0.6 is 34.7 Å². The van der Waals surface area contributed by atoms with E-state index in [0.717, 1.165) is 34.2 Å². The highest BCUT2D eigenvalue weighted by atomic mass is 35.5. The fraction of sp³-hybridized carbons (Fsp3) is 0.625. The highest BCUT2D eigenvalue weighted by molar-refractivity contribution is 7.99. The minimum absolute atomic E-state index is 0.187. The maximum Gasteiger partial charge on any atom is 0.316 e. The number of hydrogen-bond donors (Lipinski definition) is 1. The Balaban J connectivity index is 1.59. The molecule has 1 fully saturated rings. The van der Waals surface area contributed by atoms with Gasteiger partial charge in [-0.3, -0.25) is 9.59 Å². The third-order valence-corrected chi connectivity index (χ3v) is 6.28. The quantitative estimate of drug-likeness (QED) is 0.735. The SMILES string of the molecule is C[C@@H]1CCCC[C@H]1NC(=O)COC(=O)CSCc1ccc(Cl)s1. The van der Waals surface area contributed by atoms with Crippen LogP contribution in [0.15, 0.2) is 12.1 Å². The van der Waals surface area contributed by atoms with Crippen molar-refractivity contribution in [3.05, 3.63) is 21.3 Å². The molecule has 0 aromatic carbocycles. The van der Waals surface area contributed by atoms with Gasteiger partial charge in [0.1, 0.15) is 0 Å². The van der Waals surface area contributed by atoms with Crippen molar-refractivity contribution >= 4 is 46.6 Å². The van der Waals surface area contributed by atoms with Crippen molar-refractivity contribution in [2.45, 2.75) is 44.4 Å². The smallest absolute Gasteiger partial charge is 0.316 e. The summed E-state index contributed by atoms with van der Waals surface area (Å²) >= 11 is 8.82. The lowest BCUT2D eigenvalue weighted by Crippen LogP contribution is -2.43. The number of carbonyl (C=O) groups excluding carboxylic acids is 2. The normalized spacial score (nSPS) is 21.0. The monoisotopic (exact) mass is 375 g/mol. The number of ether oxygens (including phenoxy) is 1. The Morgan fingerprint density at radius 3 is 2.87 bits per heavy atom. The summed E-state index contributed by atoms with van der Waals surface area (Å²) in [4.78, 5) is 24.6. The van der Waals surface area contributed by atoms with Gasteiger partial charge < -0.3 is 10.1 Å². The number of amides is 1. The lowest BCUT2D eigenvalue weighted by molar-refractivity contribution is -0.146. The van der Waals surface area contributed by atoms with Crippen LogP contribution in [0.1, 0.15) is 37.5 Å². The van der Waals surface area contributed by atoms with E-state index in [0.29, 0.717) is 5.92 Å². The van der Waals surface area contributed by atoms with Crippen molar-refractivity contribution in [2.24, 2.45) is 5.92 Å². The van der Waals surface area contributed by atoms with Crippen LogP contribution in [0.2, 0.25) is 4.34 Å². The lowest BCUT2D eigenvalue weighted by atomic mass is 9.86. The topological polar surface area (TPSA) is 55.4 Å². The van der Waals surface area contributed by atoms with Gasteiger partial charge in [0.05, 0.1) is 10.1 Å². The summed E-state index contributed by atoms with van der Waals surface area (Å²) in [7, 11) is 0. The van der Waals surface area contributed by atoms with Crippen molar-refractivity contribution in [1.82, 2.24) is 5.32 Å². The van der Waals surface area contributed by atoms with Crippen molar-refractivity contribution in [1.29, 1.82) is 0 Å².